The van der Waals surface area contributed by atoms with Gasteiger partial charge in [-0.25, -0.2) is 0 Å². The van der Waals surface area contributed by atoms with E-state index in [1.54, 1.807) is 0 Å². The molecule has 1 heterocycles. The minimum Gasteiger partial charge on any atom is -0.391 e. The summed E-state index contributed by atoms with van der Waals surface area (Å²) in [5.41, 5.74) is 0.260. The van der Waals surface area contributed by atoms with Crippen molar-refractivity contribution in [3.63, 3.8) is 0 Å². The van der Waals surface area contributed by atoms with E-state index in [1.807, 2.05) is 0 Å². The summed E-state index contributed by atoms with van der Waals surface area (Å²) in [6.07, 6.45) is 11.4. The first-order valence-corrected chi connectivity index (χ1v) is 12.7. The predicted molar refractivity (Wildman–Crippen MR) is 122 cm³/mol. The van der Waals surface area contributed by atoms with Crippen molar-refractivity contribution in [3.8, 4) is 0 Å². The van der Waals surface area contributed by atoms with Gasteiger partial charge in [0.05, 0.1) is 37.1 Å². The van der Waals surface area contributed by atoms with Crippen molar-refractivity contribution in [2.24, 2.45) is 23.2 Å². The average molecular weight is 425 g/mol. The minimum absolute atomic E-state index is 0.131. The van der Waals surface area contributed by atoms with Crippen LogP contribution in [-0.2, 0) is 14.2 Å². The Morgan fingerprint density at radius 3 is 1.83 bits per heavy atom. The first kappa shape index (κ1) is 24.5. The van der Waals surface area contributed by atoms with Crippen molar-refractivity contribution in [2.45, 2.75) is 129 Å². The van der Waals surface area contributed by atoms with Crippen LogP contribution in [0.4, 0.5) is 0 Å². The fourth-order valence-corrected chi connectivity index (χ4v) is 6.05. The van der Waals surface area contributed by atoms with Crippen molar-refractivity contribution < 1.29 is 19.3 Å². The molecule has 2 unspecified atom stereocenters. The molecule has 0 aromatic rings. The van der Waals surface area contributed by atoms with Crippen molar-refractivity contribution in [1.82, 2.24) is 0 Å². The second-order valence-electron chi connectivity index (χ2n) is 11.9. The summed E-state index contributed by atoms with van der Waals surface area (Å²) in [6.45, 7) is 15.1. The summed E-state index contributed by atoms with van der Waals surface area (Å²) in [5.74, 6) is 2.11. The zero-order chi connectivity index (χ0) is 21.9. The Labute approximate surface area is 185 Å². The van der Waals surface area contributed by atoms with Gasteiger partial charge in [0.15, 0.2) is 0 Å². The Hall–Kier alpha value is -0.160. The summed E-state index contributed by atoms with van der Waals surface area (Å²) in [4.78, 5) is 0. The molecule has 2 aliphatic carbocycles. The molecule has 0 radical (unpaired) electrons. The molecular formula is C26H48O4. The van der Waals surface area contributed by atoms with Crippen LogP contribution >= 0.6 is 0 Å². The Kier molecular flexibility index (Phi) is 8.31. The number of hydrogen-bond acceptors (Lipinski definition) is 4. The summed E-state index contributed by atoms with van der Waals surface area (Å²) < 4.78 is 18.0. The largest absolute Gasteiger partial charge is 0.391 e. The lowest BCUT2D eigenvalue weighted by molar-refractivity contribution is -0.110. The fourth-order valence-electron chi connectivity index (χ4n) is 6.05. The zero-order valence-electron chi connectivity index (χ0n) is 20.5. The number of epoxide rings is 1. The summed E-state index contributed by atoms with van der Waals surface area (Å²) in [6, 6.07) is 0. The van der Waals surface area contributed by atoms with Crippen molar-refractivity contribution in [2.75, 3.05) is 13.2 Å². The molecule has 1 saturated heterocycles. The second-order valence-corrected chi connectivity index (χ2v) is 11.9. The quantitative estimate of drug-likeness (QED) is 0.454. The Morgan fingerprint density at radius 2 is 1.37 bits per heavy atom. The van der Waals surface area contributed by atoms with Gasteiger partial charge in [-0.15, -0.1) is 0 Å². The maximum atomic E-state index is 10.1. The van der Waals surface area contributed by atoms with Gasteiger partial charge in [-0.1, -0.05) is 27.7 Å². The number of aliphatic hydroxyl groups excluding tert-OH is 1. The molecule has 1 N–H and O–H groups in total. The molecule has 3 rings (SSSR count). The van der Waals surface area contributed by atoms with E-state index in [0.29, 0.717) is 36.3 Å². The lowest BCUT2D eigenvalue weighted by Crippen LogP contribution is -2.41. The van der Waals surface area contributed by atoms with E-state index in [-0.39, 0.29) is 11.7 Å². The monoisotopic (exact) mass is 424 g/mol. The summed E-state index contributed by atoms with van der Waals surface area (Å²) in [7, 11) is 0. The smallest absolute Gasteiger partial charge is 0.109 e. The van der Waals surface area contributed by atoms with E-state index >= 15 is 0 Å². The molecule has 0 aromatic heterocycles. The van der Waals surface area contributed by atoms with Crippen LogP contribution in [0.1, 0.15) is 99.3 Å². The van der Waals surface area contributed by atoms with E-state index in [4.69, 9.17) is 14.2 Å². The van der Waals surface area contributed by atoms with Gasteiger partial charge in [0.1, 0.15) is 6.10 Å². The van der Waals surface area contributed by atoms with Crippen LogP contribution in [0.5, 0.6) is 0 Å². The molecule has 0 spiro atoms. The molecule has 2 atom stereocenters. The van der Waals surface area contributed by atoms with Crippen molar-refractivity contribution in [1.29, 1.82) is 0 Å². The molecule has 3 fully saturated rings. The Morgan fingerprint density at radius 1 is 0.867 bits per heavy atom. The number of aliphatic hydroxyl groups is 1. The number of ether oxygens (including phenoxy) is 3. The van der Waals surface area contributed by atoms with Gasteiger partial charge in [0.25, 0.3) is 0 Å². The molecule has 4 heteroatoms. The lowest BCUT2D eigenvalue weighted by atomic mass is 9.60. The highest BCUT2D eigenvalue weighted by Crippen LogP contribution is 2.49. The summed E-state index contributed by atoms with van der Waals surface area (Å²) in [5, 5.41) is 10.1. The maximum Gasteiger partial charge on any atom is 0.109 e. The second kappa shape index (κ2) is 10.2. The molecule has 0 aromatic carbocycles. The third-order valence-electron chi connectivity index (χ3n) is 8.30. The highest BCUT2D eigenvalue weighted by molar-refractivity contribution is 4.93. The first-order valence-electron chi connectivity index (χ1n) is 12.7. The maximum absolute atomic E-state index is 10.1. The molecule has 0 amide bonds. The van der Waals surface area contributed by atoms with Crippen LogP contribution in [-0.4, -0.2) is 48.3 Å². The molecule has 3 aliphatic rings. The van der Waals surface area contributed by atoms with Crippen LogP contribution in [0, 0.1) is 23.2 Å². The third kappa shape index (κ3) is 6.67. The molecule has 1 aliphatic heterocycles. The Balaban J connectivity index is 1.39. The average Bonchev–Trinajstić information content (AvgIpc) is 3.52. The zero-order valence-corrected chi connectivity index (χ0v) is 20.5. The van der Waals surface area contributed by atoms with Gasteiger partial charge in [0, 0.05) is 0 Å². The standard InChI is InChI=1S/C26H48O4/c1-18(2)15-21(27)16-28-22-11-7-19(8-12-22)25(3,4)20-9-13-23(14-10-20)30-26(5,6)24-17-29-24/h18-24,27H,7-17H2,1-6H3. The van der Waals surface area contributed by atoms with Gasteiger partial charge in [0.2, 0.25) is 0 Å². The predicted octanol–water partition coefficient (Wildman–Crippen LogP) is 5.75. The first-order chi connectivity index (χ1) is 14.1. The third-order valence-corrected chi connectivity index (χ3v) is 8.30. The van der Waals surface area contributed by atoms with E-state index in [2.05, 4.69) is 41.5 Å². The molecule has 30 heavy (non-hydrogen) atoms. The highest BCUT2D eigenvalue weighted by Gasteiger charge is 2.44. The van der Waals surface area contributed by atoms with Crippen LogP contribution in [0.25, 0.3) is 0 Å². The van der Waals surface area contributed by atoms with E-state index in [1.165, 1.54) is 38.5 Å². The number of rotatable bonds is 10. The molecule has 2 saturated carbocycles. The van der Waals surface area contributed by atoms with Gasteiger partial charge in [-0.05, 0) is 94.8 Å². The van der Waals surface area contributed by atoms with Gasteiger partial charge < -0.3 is 19.3 Å². The normalized spacial score (nSPS) is 34.2. The SMILES string of the molecule is CC(C)CC(O)COC1CCC(C(C)(C)C2CCC(OC(C)(C)C3CO3)CC2)CC1. The van der Waals surface area contributed by atoms with Crippen LogP contribution < -0.4 is 0 Å². The minimum atomic E-state index is -0.312. The van der Waals surface area contributed by atoms with Crippen molar-refractivity contribution in [3.05, 3.63) is 0 Å². The molecule has 4 nitrogen and oxygen atoms in total. The highest BCUT2D eigenvalue weighted by atomic mass is 16.6. The van der Waals surface area contributed by atoms with Crippen LogP contribution in [0.15, 0.2) is 0 Å². The Bertz CT molecular complexity index is 509. The van der Waals surface area contributed by atoms with Crippen molar-refractivity contribution >= 4 is 0 Å². The van der Waals surface area contributed by atoms with E-state index in [9.17, 15) is 5.11 Å². The molecule has 0 bridgehead atoms. The van der Waals surface area contributed by atoms with Crippen LogP contribution in [0.2, 0.25) is 0 Å². The lowest BCUT2D eigenvalue weighted by Gasteiger charge is -2.47. The van der Waals surface area contributed by atoms with E-state index < -0.39 is 0 Å². The van der Waals surface area contributed by atoms with E-state index in [0.717, 1.165) is 37.7 Å². The van der Waals surface area contributed by atoms with Gasteiger partial charge in [-0.3, -0.25) is 0 Å². The van der Waals surface area contributed by atoms with Gasteiger partial charge >= 0.3 is 0 Å². The topological polar surface area (TPSA) is 51.2 Å². The number of hydrogen-bond donors (Lipinski definition) is 1. The summed E-state index contributed by atoms with van der Waals surface area (Å²) >= 11 is 0. The molecular weight excluding hydrogens is 376 g/mol. The van der Waals surface area contributed by atoms with Crippen LogP contribution in [0.3, 0.4) is 0 Å². The fraction of sp³-hybridized carbons (Fsp3) is 1.00. The molecule has 176 valence electrons. The van der Waals surface area contributed by atoms with Gasteiger partial charge in [-0.2, -0.15) is 0 Å².